The number of rotatable bonds is 2. The Morgan fingerprint density at radius 1 is 1.09 bits per heavy atom. The summed E-state index contributed by atoms with van der Waals surface area (Å²) in [4.78, 5) is 7.79. The Bertz CT molecular complexity index is 982. The van der Waals surface area contributed by atoms with Gasteiger partial charge in [0.15, 0.2) is 0 Å². The molecule has 0 radical (unpaired) electrons. The van der Waals surface area contributed by atoms with Crippen LogP contribution in [0.4, 0.5) is 10.2 Å². The van der Waals surface area contributed by atoms with Gasteiger partial charge in [-0.25, -0.2) is 9.37 Å². The molecule has 0 saturated heterocycles. The Morgan fingerprint density at radius 2 is 1.83 bits per heavy atom. The van der Waals surface area contributed by atoms with Crippen LogP contribution in [0.5, 0.6) is 0 Å². The number of hydrogen-bond donors (Lipinski definition) is 2. The third-order valence-corrected chi connectivity index (χ3v) is 3.85. The number of benzene rings is 2. The van der Waals surface area contributed by atoms with Gasteiger partial charge in [0, 0.05) is 12.6 Å². The lowest BCUT2D eigenvalue weighted by Crippen LogP contribution is -1.98. The molecule has 5 nitrogen and oxygen atoms in total. The molecule has 23 heavy (non-hydrogen) atoms. The number of nitrogens with one attached hydrogen (secondary N) is 1. The van der Waals surface area contributed by atoms with Crippen LogP contribution in [0.1, 0.15) is 0 Å². The molecule has 0 saturated carbocycles. The Morgan fingerprint density at radius 3 is 2.61 bits per heavy atom. The summed E-state index contributed by atoms with van der Waals surface area (Å²) in [5.41, 5.74) is 9.36. The Hall–Kier alpha value is -3.15. The highest BCUT2D eigenvalue weighted by Gasteiger charge is 2.22. The molecule has 0 atom stereocenters. The number of aryl methyl sites for hydroxylation is 1. The second-order valence-corrected chi connectivity index (χ2v) is 5.31. The number of para-hydroxylation sites is 2. The normalized spacial score (nSPS) is 11.2. The fraction of sp³-hybridized carbons (Fsp3) is 0.0588. The van der Waals surface area contributed by atoms with E-state index in [2.05, 4.69) is 15.1 Å². The second kappa shape index (κ2) is 4.95. The van der Waals surface area contributed by atoms with Crippen molar-refractivity contribution in [2.75, 3.05) is 5.73 Å². The summed E-state index contributed by atoms with van der Waals surface area (Å²) in [6.45, 7) is 0. The standard InChI is InChI=1S/C17H14FN5/c1-23-16(19)14(15(22-23)10-6-2-3-7-11(10)18)17-20-12-8-4-5-9-13(12)21-17/h2-9H,19H2,1H3,(H,20,21). The van der Waals surface area contributed by atoms with Crippen molar-refractivity contribution in [2.24, 2.45) is 7.05 Å². The lowest BCUT2D eigenvalue weighted by molar-refractivity contribution is 0.630. The average molecular weight is 307 g/mol. The van der Waals surface area contributed by atoms with Crippen molar-refractivity contribution in [1.29, 1.82) is 0 Å². The summed E-state index contributed by atoms with van der Waals surface area (Å²) >= 11 is 0. The number of imidazole rings is 1. The second-order valence-electron chi connectivity index (χ2n) is 5.31. The third kappa shape index (κ3) is 2.07. The molecular weight excluding hydrogens is 293 g/mol. The predicted octanol–water partition coefficient (Wildman–Crippen LogP) is 3.35. The molecule has 0 unspecified atom stereocenters. The van der Waals surface area contributed by atoms with E-state index in [0.717, 1.165) is 11.0 Å². The van der Waals surface area contributed by atoms with E-state index in [0.29, 0.717) is 28.5 Å². The molecule has 2 aromatic carbocycles. The lowest BCUT2D eigenvalue weighted by Gasteiger charge is -2.02. The summed E-state index contributed by atoms with van der Waals surface area (Å²) in [5.74, 6) is 0.667. The van der Waals surface area contributed by atoms with Crippen LogP contribution in [0, 0.1) is 5.82 Å². The zero-order valence-corrected chi connectivity index (χ0v) is 12.4. The van der Waals surface area contributed by atoms with Gasteiger partial charge in [-0.15, -0.1) is 0 Å². The largest absolute Gasteiger partial charge is 0.383 e. The maximum absolute atomic E-state index is 14.2. The van der Waals surface area contributed by atoms with E-state index >= 15 is 0 Å². The maximum atomic E-state index is 14.2. The van der Waals surface area contributed by atoms with E-state index in [1.54, 1.807) is 25.2 Å². The van der Waals surface area contributed by atoms with E-state index in [1.165, 1.54) is 10.7 Å². The maximum Gasteiger partial charge on any atom is 0.144 e. The highest BCUT2D eigenvalue weighted by Crippen LogP contribution is 2.36. The van der Waals surface area contributed by atoms with Crippen molar-refractivity contribution in [3.63, 3.8) is 0 Å². The van der Waals surface area contributed by atoms with Crippen LogP contribution in [0.15, 0.2) is 48.5 Å². The molecule has 2 aromatic heterocycles. The number of anilines is 1. The third-order valence-electron chi connectivity index (χ3n) is 3.85. The van der Waals surface area contributed by atoms with Crippen LogP contribution >= 0.6 is 0 Å². The first-order chi connectivity index (χ1) is 11.1. The monoisotopic (exact) mass is 307 g/mol. The van der Waals surface area contributed by atoms with Crippen molar-refractivity contribution in [1.82, 2.24) is 19.7 Å². The molecule has 4 aromatic rings. The van der Waals surface area contributed by atoms with E-state index < -0.39 is 0 Å². The van der Waals surface area contributed by atoms with Crippen LogP contribution in [0.3, 0.4) is 0 Å². The summed E-state index contributed by atoms with van der Waals surface area (Å²) in [6.07, 6.45) is 0. The topological polar surface area (TPSA) is 72.5 Å². The minimum atomic E-state index is -0.344. The molecule has 114 valence electrons. The minimum Gasteiger partial charge on any atom is -0.383 e. The van der Waals surface area contributed by atoms with Crippen LogP contribution in [-0.4, -0.2) is 19.7 Å². The first-order valence-corrected chi connectivity index (χ1v) is 7.17. The molecule has 3 N–H and O–H groups in total. The van der Waals surface area contributed by atoms with Gasteiger partial charge in [0.2, 0.25) is 0 Å². The molecule has 0 aliphatic carbocycles. The van der Waals surface area contributed by atoms with Crippen LogP contribution in [-0.2, 0) is 7.05 Å². The smallest absolute Gasteiger partial charge is 0.144 e. The Labute approximate surface area is 131 Å². The molecule has 0 amide bonds. The van der Waals surface area contributed by atoms with Gasteiger partial charge in [-0.1, -0.05) is 24.3 Å². The van der Waals surface area contributed by atoms with E-state index in [4.69, 9.17) is 5.73 Å². The van der Waals surface area contributed by atoms with Crippen molar-refractivity contribution in [3.8, 4) is 22.6 Å². The molecule has 4 rings (SSSR count). The Balaban J connectivity index is 2.00. The first-order valence-electron chi connectivity index (χ1n) is 7.17. The molecule has 0 spiro atoms. The fourth-order valence-electron chi connectivity index (χ4n) is 2.68. The average Bonchev–Trinajstić information content (AvgIpc) is 3.09. The number of halogens is 1. The van der Waals surface area contributed by atoms with Gasteiger partial charge in [-0.2, -0.15) is 5.10 Å². The van der Waals surface area contributed by atoms with Gasteiger partial charge in [0.1, 0.15) is 23.2 Å². The van der Waals surface area contributed by atoms with Gasteiger partial charge in [-0.05, 0) is 24.3 Å². The number of nitrogen functional groups attached to an aromatic ring is 1. The number of aromatic nitrogens is 4. The highest BCUT2D eigenvalue weighted by molar-refractivity contribution is 5.89. The number of H-pyrrole nitrogens is 1. The highest BCUT2D eigenvalue weighted by atomic mass is 19.1. The minimum absolute atomic E-state index is 0.344. The number of aromatic amines is 1. The number of fused-ring (bicyclic) bond motifs is 1. The van der Waals surface area contributed by atoms with E-state index in [9.17, 15) is 4.39 Å². The molecular formula is C17H14FN5. The van der Waals surface area contributed by atoms with Gasteiger partial charge < -0.3 is 10.7 Å². The number of hydrogen-bond acceptors (Lipinski definition) is 3. The summed E-state index contributed by atoms with van der Waals surface area (Å²) < 4.78 is 15.7. The Kier molecular flexibility index (Phi) is 2.90. The van der Waals surface area contributed by atoms with Crippen molar-refractivity contribution in [2.45, 2.75) is 0 Å². The van der Waals surface area contributed by atoms with Gasteiger partial charge in [0.05, 0.1) is 16.6 Å². The molecule has 0 fully saturated rings. The van der Waals surface area contributed by atoms with E-state index in [-0.39, 0.29) is 5.82 Å². The summed E-state index contributed by atoms with van der Waals surface area (Å²) in [5, 5.41) is 4.38. The quantitative estimate of drug-likeness (QED) is 0.596. The van der Waals surface area contributed by atoms with Crippen molar-refractivity contribution >= 4 is 16.9 Å². The first kappa shape index (κ1) is 13.5. The lowest BCUT2D eigenvalue weighted by atomic mass is 10.1. The van der Waals surface area contributed by atoms with Crippen LogP contribution in [0.25, 0.3) is 33.7 Å². The SMILES string of the molecule is Cn1nc(-c2ccccc2F)c(-c2nc3ccccc3[nH]2)c1N. The van der Waals surface area contributed by atoms with Gasteiger partial charge in [-0.3, -0.25) is 4.68 Å². The molecule has 2 heterocycles. The van der Waals surface area contributed by atoms with Crippen LogP contribution in [0.2, 0.25) is 0 Å². The summed E-state index contributed by atoms with van der Waals surface area (Å²) in [6, 6.07) is 14.2. The van der Waals surface area contributed by atoms with Crippen molar-refractivity contribution < 1.29 is 4.39 Å². The molecule has 0 bridgehead atoms. The fourth-order valence-corrected chi connectivity index (χ4v) is 2.68. The molecule has 6 heteroatoms. The van der Waals surface area contributed by atoms with Gasteiger partial charge in [0.25, 0.3) is 0 Å². The summed E-state index contributed by atoms with van der Waals surface area (Å²) in [7, 11) is 1.73. The van der Waals surface area contributed by atoms with Crippen LogP contribution < -0.4 is 5.73 Å². The zero-order chi connectivity index (χ0) is 16.0. The van der Waals surface area contributed by atoms with Gasteiger partial charge >= 0.3 is 0 Å². The predicted molar refractivity (Wildman–Crippen MR) is 88.1 cm³/mol. The number of nitrogens with zero attached hydrogens (tertiary/aromatic N) is 3. The number of nitrogens with two attached hydrogens (primary N) is 1. The van der Waals surface area contributed by atoms with Crippen molar-refractivity contribution in [3.05, 3.63) is 54.3 Å². The molecule has 0 aliphatic rings. The molecule has 0 aliphatic heterocycles. The zero-order valence-electron chi connectivity index (χ0n) is 12.4. The van der Waals surface area contributed by atoms with E-state index in [1.807, 2.05) is 24.3 Å².